The number of alkyl halides is 3. The van der Waals surface area contributed by atoms with E-state index in [1.54, 1.807) is 35.0 Å². The van der Waals surface area contributed by atoms with Crippen molar-refractivity contribution in [3.05, 3.63) is 77.1 Å². The Hall–Kier alpha value is -3.80. The highest BCUT2D eigenvalue weighted by molar-refractivity contribution is 5.95. The number of nitrogens with zero attached hydrogens (tertiary/aromatic N) is 2. The van der Waals surface area contributed by atoms with E-state index in [4.69, 9.17) is 4.74 Å². The van der Waals surface area contributed by atoms with Crippen molar-refractivity contribution in [3.8, 4) is 6.07 Å². The number of pyridine rings is 1. The molecule has 2 heterocycles. The molecule has 1 N–H and O–H groups in total. The van der Waals surface area contributed by atoms with E-state index in [2.05, 4.69) is 11.4 Å². The van der Waals surface area contributed by atoms with Crippen molar-refractivity contribution < 1.29 is 27.5 Å². The third kappa shape index (κ3) is 4.55. The van der Waals surface area contributed by atoms with Crippen LogP contribution in [-0.2, 0) is 22.3 Å². The number of carbonyl (C=O) groups is 2. The lowest BCUT2D eigenvalue weighted by Crippen LogP contribution is -2.30. The zero-order chi connectivity index (χ0) is 21.0. The third-order valence-corrected chi connectivity index (χ3v) is 4.13. The van der Waals surface area contributed by atoms with Gasteiger partial charge >= 0.3 is 12.1 Å². The Morgan fingerprint density at radius 3 is 2.52 bits per heavy atom. The van der Waals surface area contributed by atoms with E-state index in [9.17, 15) is 28.0 Å². The molecule has 0 bridgehead atoms. The molecule has 0 aliphatic carbocycles. The maximum Gasteiger partial charge on any atom is 0.416 e. The van der Waals surface area contributed by atoms with Gasteiger partial charge in [-0.3, -0.25) is 9.59 Å². The molecule has 0 aliphatic heterocycles. The van der Waals surface area contributed by atoms with Crippen molar-refractivity contribution >= 4 is 17.4 Å². The smallest absolute Gasteiger partial charge is 0.416 e. The predicted octanol–water partition coefficient (Wildman–Crippen LogP) is 3.30. The van der Waals surface area contributed by atoms with Crippen LogP contribution in [0.15, 0.2) is 54.9 Å². The number of halogens is 3. The maximum absolute atomic E-state index is 12.5. The van der Waals surface area contributed by atoms with Gasteiger partial charge in [0.15, 0.2) is 0 Å². The van der Waals surface area contributed by atoms with Crippen molar-refractivity contribution in [1.29, 1.82) is 5.26 Å². The fraction of sp³-hybridized carbons (Fsp3) is 0.150. The highest BCUT2D eigenvalue weighted by Crippen LogP contribution is 2.29. The number of hydrogen-bond acceptors (Lipinski definition) is 4. The molecule has 9 heteroatoms. The Balaban J connectivity index is 1.55. The number of fused-ring (bicyclic) bond motifs is 1. The molecule has 0 saturated heterocycles. The Morgan fingerprint density at radius 2 is 1.86 bits per heavy atom. The summed E-state index contributed by atoms with van der Waals surface area (Å²) >= 11 is 0. The number of rotatable bonds is 5. The topological polar surface area (TPSA) is 83.6 Å². The summed E-state index contributed by atoms with van der Waals surface area (Å²) in [5.74, 6) is -1.45. The molecule has 3 rings (SSSR count). The Bertz CT molecular complexity index is 1100. The molecule has 148 valence electrons. The average molecular weight is 401 g/mol. The van der Waals surface area contributed by atoms with Crippen LogP contribution < -0.4 is 5.32 Å². The van der Waals surface area contributed by atoms with Crippen LogP contribution in [-0.4, -0.2) is 22.8 Å². The number of benzene rings is 1. The summed E-state index contributed by atoms with van der Waals surface area (Å²) in [7, 11) is 0. The number of nitriles is 1. The van der Waals surface area contributed by atoms with Gasteiger partial charge in [-0.05, 0) is 36.4 Å². The molecule has 0 spiro atoms. The van der Waals surface area contributed by atoms with Crippen molar-refractivity contribution in [2.45, 2.75) is 12.8 Å². The molecule has 0 unspecified atom stereocenters. The van der Waals surface area contributed by atoms with E-state index >= 15 is 0 Å². The summed E-state index contributed by atoms with van der Waals surface area (Å²) in [4.78, 5) is 23.8. The molecule has 1 aromatic carbocycles. The van der Waals surface area contributed by atoms with Gasteiger partial charge in [0.1, 0.15) is 19.2 Å². The molecule has 2 aromatic heterocycles. The number of nitrogens with one attached hydrogen (secondary N) is 1. The zero-order valence-corrected chi connectivity index (χ0v) is 14.9. The summed E-state index contributed by atoms with van der Waals surface area (Å²) in [5, 5.41) is 11.6. The third-order valence-electron chi connectivity index (χ3n) is 4.13. The normalized spacial score (nSPS) is 11.1. The number of aromatic nitrogens is 1. The molecular formula is C20H14F3N3O3. The Kier molecular flexibility index (Phi) is 5.54. The first-order chi connectivity index (χ1) is 13.8. The van der Waals surface area contributed by atoms with E-state index in [1.807, 2.05) is 0 Å². The standard InChI is InChI=1S/C20H14F3N3O3/c21-20(22,23)15-6-4-13(5-7-15)19(28)25-10-18(27)29-12-14-11-26-8-2-1-3-17(26)16(14)9-24/h1-8,11H,10,12H2,(H,25,28). The summed E-state index contributed by atoms with van der Waals surface area (Å²) in [6.07, 6.45) is -1.07. The van der Waals surface area contributed by atoms with Crippen LogP contribution >= 0.6 is 0 Å². The van der Waals surface area contributed by atoms with E-state index in [-0.39, 0.29) is 12.2 Å². The lowest BCUT2D eigenvalue weighted by molar-refractivity contribution is -0.143. The van der Waals surface area contributed by atoms with Gasteiger partial charge < -0.3 is 14.5 Å². The quantitative estimate of drug-likeness (QED) is 0.665. The summed E-state index contributed by atoms with van der Waals surface area (Å²) in [6.45, 7) is -0.616. The SMILES string of the molecule is N#Cc1c(COC(=O)CNC(=O)c2ccc(C(F)(F)F)cc2)cn2ccccc12. The number of ether oxygens (including phenoxy) is 1. The van der Waals surface area contributed by atoms with Gasteiger partial charge in [0.2, 0.25) is 0 Å². The Labute approximate surface area is 163 Å². The molecule has 3 aromatic rings. The molecule has 0 fully saturated rings. The van der Waals surface area contributed by atoms with Gasteiger partial charge in [-0.2, -0.15) is 18.4 Å². The van der Waals surface area contributed by atoms with Crippen molar-refractivity contribution in [3.63, 3.8) is 0 Å². The van der Waals surface area contributed by atoms with Crippen LogP contribution in [0.5, 0.6) is 0 Å². The second kappa shape index (κ2) is 8.06. The second-order valence-electron chi connectivity index (χ2n) is 6.05. The fourth-order valence-electron chi connectivity index (χ4n) is 2.69. The average Bonchev–Trinajstić information content (AvgIpc) is 3.07. The Morgan fingerprint density at radius 1 is 1.14 bits per heavy atom. The maximum atomic E-state index is 12.5. The second-order valence-corrected chi connectivity index (χ2v) is 6.05. The van der Waals surface area contributed by atoms with Crippen molar-refractivity contribution in [2.75, 3.05) is 6.54 Å². The number of amides is 1. The molecule has 6 nitrogen and oxygen atoms in total. The van der Waals surface area contributed by atoms with E-state index in [0.29, 0.717) is 16.6 Å². The first-order valence-electron chi connectivity index (χ1n) is 8.39. The van der Waals surface area contributed by atoms with Crippen LogP contribution in [0, 0.1) is 11.3 Å². The molecule has 0 aliphatic rings. The van der Waals surface area contributed by atoms with Crippen LogP contribution in [0.3, 0.4) is 0 Å². The van der Waals surface area contributed by atoms with Crippen LogP contribution in [0.4, 0.5) is 13.2 Å². The molecule has 1 amide bonds. The molecule has 0 saturated carbocycles. The largest absolute Gasteiger partial charge is 0.459 e. The number of hydrogen-bond donors (Lipinski definition) is 1. The molecular weight excluding hydrogens is 387 g/mol. The van der Waals surface area contributed by atoms with Gasteiger partial charge in [0, 0.05) is 23.5 Å². The lowest BCUT2D eigenvalue weighted by Gasteiger charge is -2.08. The minimum Gasteiger partial charge on any atom is -0.459 e. The van der Waals surface area contributed by atoms with Crippen LogP contribution in [0.1, 0.15) is 27.0 Å². The summed E-state index contributed by atoms with van der Waals surface area (Å²) < 4.78 is 44.4. The lowest BCUT2D eigenvalue weighted by atomic mass is 10.1. The van der Waals surface area contributed by atoms with Gasteiger partial charge in [-0.1, -0.05) is 6.07 Å². The van der Waals surface area contributed by atoms with Crippen LogP contribution in [0.2, 0.25) is 0 Å². The highest BCUT2D eigenvalue weighted by Gasteiger charge is 2.30. The van der Waals surface area contributed by atoms with Gasteiger partial charge in [-0.25, -0.2) is 0 Å². The van der Waals surface area contributed by atoms with Crippen LogP contribution in [0.25, 0.3) is 5.52 Å². The van der Waals surface area contributed by atoms with E-state index in [1.165, 1.54) is 0 Å². The molecule has 29 heavy (non-hydrogen) atoms. The first kappa shape index (κ1) is 19.9. The van der Waals surface area contributed by atoms with Crippen molar-refractivity contribution in [1.82, 2.24) is 9.72 Å². The monoisotopic (exact) mass is 401 g/mol. The number of esters is 1. The first-order valence-corrected chi connectivity index (χ1v) is 8.39. The minimum absolute atomic E-state index is 0.0174. The molecule has 0 radical (unpaired) electrons. The fourth-order valence-corrected chi connectivity index (χ4v) is 2.69. The van der Waals surface area contributed by atoms with Gasteiger partial charge in [-0.15, -0.1) is 0 Å². The molecule has 0 atom stereocenters. The predicted molar refractivity (Wildman–Crippen MR) is 95.7 cm³/mol. The van der Waals surface area contributed by atoms with Gasteiger partial charge in [0.25, 0.3) is 5.91 Å². The van der Waals surface area contributed by atoms with Crippen molar-refractivity contribution in [2.24, 2.45) is 0 Å². The summed E-state index contributed by atoms with van der Waals surface area (Å²) in [6, 6.07) is 11.0. The van der Waals surface area contributed by atoms with E-state index < -0.39 is 30.2 Å². The zero-order valence-electron chi connectivity index (χ0n) is 14.9. The highest BCUT2D eigenvalue weighted by atomic mass is 19.4. The number of carbonyl (C=O) groups excluding carboxylic acids is 2. The van der Waals surface area contributed by atoms with E-state index in [0.717, 1.165) is 24.3 Å². The van der Waals surface area contributed by atoms with Gasteiger partial charge in [0.05, 0.1) is 16.6 Å². The summed E-state index contributed by atoms with van der Waals surface area (Å²) in [5.41, 5.74) is 0.683. The minimum atomic E-state index is -4.50.